The van der Waals surface area contributed by atoms with Gasteiger partial charge in [0.2, 0.25) is 0 Å². The molecule has 6 heteroatoms. The van der Waals surface area contributed by atoms with Crippen molar-refractivity contribution in [3.05, 3.63) is 40.9 Å². The Bertz CT molecular complexity index is 588. The average molecular weight is 319 g/mol. The van der Waals surface area contributed by atoms with Crippen LogP contribution < -0.4 is 0 Å². The van der Waals surface area contributed by atoms with E-state index in [0.717, 1.165) is 6.08 Å². The summed E-state index contributed by atoms with van der Waals surface area (Å²) in [6.07, 6.45) is -3.52. The number of benzene rings is 1. The molecule has 2 atom stereocenters. The molecule has 1 aromatic carbocycles. The molecule has 0 saturated heterocycles. The van der Waals surface area contributed by atoms with Crippen molar-refractivity contribution in [1.29, 1.82) is 0 Å². The first-order valence-electron chi connectivity index (χ1n) is 6.33. The molecule has 1 fully saturated rings. The minimum absolute atomic E-state index is 0.0151. The molecule has 1 N–H and O–H groups in total. The van der Waals surface area contributed by atoms with Gasteiger partial charge in [-0.3, -0.25) is 4.79 Å². The van der Waals surface area contributed by atoms with Crippen molar-refractivity contribution in [3.63, 3.8) is 0 Å². The highest BCUT2D eigenvalue weighted by Gasteiger charge is 2.61. The lowest BCUT2D eigenvalue weighted by atomic mass is 10.0. The second-order valence-corrected chi connectivity index (χ2v) is 6.18. The predicted octanol–water partition coefficient (Wildman–Crippen LogP) is 4.64. The Morgan fingerprint density at radius 2 is 1.81 bits per heavy atom. The summed E-state index contributed by atoms with van der Waals surface area (Å²) in [5, 5.41) is 9.40. The molecule has 0 amide bonds. The van der Waals surface area contributed by atoms with Crippen LogP contribution in [0.3, 0.4) is 0 Å². The monoisotopic (exact) mass is 318 g/mol. The van der Waals surface area contributed by atoms with Gasteiger partial charge in [-0.15, -0.1) is 0 Å². The number of alkyl halides is 3. The Morgan fingerprint density at radius 1 is 1.29 bits per heavy atom. The van der Waals surface area contributed by atoms with Gasteiger partial charge in [0.25, 0.3) is 0 Å². The molecule has 0 heterocycles. The molecular weight excluding hydrogens is 305 g/mol. The largest absolute Gasteiger partial charge is 0.481 e. The van der Waals surface area contributed by atoms with Crippen LogP contribution in [0, 0.1) is 17.3 Å². The zero-order valence-corrected chi connectivity index (χ0v) is 12.2. The molecule has 1 saturated carbocycles. The summed E-state index contributed by atoms with van der Waals surface area (Å²) in [5.41, 5.74) is -1.51. The molecule has 1 aliphatic rings. The fourth-order valence-corrected chi connectivity index (χ4v) is 2.75. The fraction of sp³-hybridized carbons (Fsp3) is 0.400. The van der Waals surface area contributed by atoms with Gasteiger partial charge in [0, 0.05) is 5.02 Å². The first kappa shape index (κ1) is 15.9. The highest BCUT2D eigenvalue weighted by molar-refractivity contribution is 6.30. The van der Waals surface area contributed by atoms with Crippen LogP contribution in [0.25, 0.3) is 5.57 Å². The van der Waals surface area contributed by atoms with Gasteiger partial charge in [0.15, 0.2) is 0 Å². The van der Waals surface area contributed by atoms with E-state index in [9.17, 15) is 18.0 Å². The molecule has 0 aromatic heterocycles. The van der Waals surface area contributed by atoms with Gasteiger partial charge in [0.05, 0.1) is 11.5 Å². The van der Waals surface area contributed by atoms with E-state index in [1.165, 1.54) is 24.3 Å². The number of carboxylic acid groups (broad SMARTS) is 1. The summed E-state index contributed by atoms with van der Waals surface area (Å²) >= 11 is 5.68. The Labute approximate surface area is 125 Å². The third-order valence-corrected chi connectivity index (χ3v) is 4.24. The van der Waals surface area contributed by atoms with Crippen molar-refractivity contribution < 1.29 is 23.1 Å². The normalized spacial score (nSPS) is 24.8. The van der Waals surface area contributed by atoms with Crippen LogP contribution in [-0.4, -0.2) is 17.3 Å². The van der Waals surface area contributed by atoms with E-state index in [2.05, 4.69) is 0 Å². The number of rotatable bonds is 3. The molecule has 21 heavy (non-hydrogen) atoms. The van der Waals surface area contributed by atoms with Gasteiger partial charge in [-0.05, 0) is 29.0 Å². The van der Waals surface area contributed by atoms with E-state index in [4.69, 9.17) is 16.7 Å². The van der Waals surface area contributed by atoms with Gasteiger partial charge < -0.3 is 5.11 Å². The average Bonchev–Trinajstić information content (AvgIpc) is 2.88. The number of allylic oxidation sites excluding steroid dienone is 2. The molecule has 1 aliphatic carbocycles. The Balaban J connectivity index is 2.41. The SMILES string of the molecule is CC1(C)C(/C=C(/c2ccc(Cl)cc2)C(F)(F)F)C1C(=O)O. The van der Waals surface area contributed by atoms with Crippen molar-refractivity contribution in [3.8, 4) is 0 Å². The maximum absolute atomic E-state index is 13.2. The standard InChI is InChI=1S/C15H14ClF3O2/c1-14(2)11(12(14)13(20)21)7-10(15(17,18)19)8-3-5-9(16)6-4-8/h3-7,11-12H,1-2H3,(H,20,21)/b10-7-. The van der Waals surface area contributed by atoms with Gasteiger partial charge in [-0.1, -0.05) is 43.7 Å². The first-order valence-corrected chi connectivity index (χ1v) is 6.70. The van der Waals surface area contributed by atoms with Crippen LogP contribution in [0.4, 0.5) is 13.2 Å². The molecule has 2 nitrogen and oxygen atoms in total. The second-order valence-electron chi connectivity index (χ2n) is 5.75. The van der Waals surface area contributed by atoms with E-state index in [1.807, 2.05) is 0 Å². The van der Waals surface area contributed by atoms with E-state index in [-0.39, 0.29) is 5.56 Å². The number of hydrogen-bond donors (Lipinski definition) is 1. The first-order chi connectivity index (χ1) is 9.55. The number of carboxylic acids is 1. The summed E-state index contributed by atoms with van der Waals surface area (Å²) in [5.74, 6) is -2.50. The second kappa shape index (κ2) is 5.05. The van der Waals surface area contributed by atoms with Gasteiger partial charge in [0.1, 0.15) is 0 Å². The Hall–Kier alpha value is -1.49. The minimum atomic E-state index is -4.55. The van der Waals surface area contributed by atoms with Crippen molar-refractivity contribution in [2.24, 2.45) is 17.3 Å². The van der Waals surface area contributed by atoms with Gasteiger partial charge in [-0.25, -0.2) is 0 Å². The summed E-state index contributed by atoms with van der Waals surface area (Å²) in [6.45, 7) is 3.31. The van der Waals surface area contributed by atoms with E-state index in [1.54, 1.807) is 13.8 Å². The lowest BCUT2D eigenvalue weighted by Gasteiger charge is -2.12. The Morgan fingerprint density at radius 3 is 2.19 bits per heavy atom. The van der Waals surface area contributed by atoms with E-state index < -0.39 is 35.0 Å². The number of halogens is 4. The van der Waals surface area contributed by atoms with Crippen molar-refractivity contribution in [2.75, 3.05) is 0 Å². The van der Waals surface area contributed by atoms with E-state index >= 15 is 0 Å². The van der Waals surface area contributed by atoms with Crippen LogP contribution in [0.15, 0.2) is 30.3 Å². The molecular formula is C15H14ClF3O2. The zero-order valence-electron chi connectivity index (χ0n) is 11.4. The summed E-state index contributed by atoms with van der Waals surface area (Å²) in [4.78, 5) is 11.1. The number of aliphatic carboxylic acids is 1. The van der Waals surface area contributed by atoms with Crippen molar-refractivity contribution in [2.45, 2.75) is 20.0 Å². The fourth-order valence-electron chi connectivity index (χ4n) is 2.62. The highest BCUT2D eigenvalue weighted by atomic mass is 35.5. The van der Waals surface area contributed by atoms with Crippen LogP contribution >= 0.6 is 11.6 Å². The lowest BCUT2D eigenvalue weighted by molar-refractivity contribution is -0.139. The maximum Gasteiger partial charge on any atom is 0.416 e. The van der Waals surface area contributed by atoms with Crippen molar-refractivity contribution in [1.82, 2.24) is 0 Å². The molecule has 114 valence electrons. The third kappa shape index (κ3) is 3.07. The van der Waals surface area contributed by atoms with Crippen LogP contribution in [0.1, 0.15) is 19.4 Å². The van der Waals surface area contributed by atoms with Gasteiger partial charge >= 0.3 is 12.1 Å². The van der Waals surface area contributed by atoms with Crippen LogP contribution in [-0.2, 0) is 4.79 Å². The van der Waals surface area contributed by atoms with Crippen LogP contribution in [0.2, 0.25) is 5.02 Å². The highest BCUT2D eigenvalue weighted by Crippen LogP contribution is 2.60. The smallest absolute Gasteiger partial charge is 0.416 e. The topological polar surface area (TPSA) is 37.3 Å². The molecule has 1 aromatic rings. The molecule has 0 aliphatic heterocycles. The lowest BCUT2D eigenvalue weighted by Crippen LogP contribution is -2.11. The molecule has 2 unspecified atom stereocenters. The number of hydrogen-bond acceptors (Lipinski definition) is 1. The molecule has 0 bridgehead atoms. The quantitative estimate of drug-likeness (QED) is 0.881. The van der Waals surface area contributed by atoms with Gasteiger partial charge in [-0.2, -0.15) is 13.2 Å². The maximum atomic E-state index is 13.2. The van der Waals surface area contributed by atoms with Crippen molar-refractivity contribution >= 4 is 23.1 Å². The predicted molar refractivity (Wildman–Crippen MR) is 73.9 cm³/mol. The summed E-state index contributed by atoms with van der Waals surface area (Å²) in [6, 6.07) is 5.33. The third-order valence-electron chi connectivity index (χ3n) is 3.98. The minimum Gasteiger partial charge on any atom is -0.481 e. The Kier molecular flexibility index (Phi) is 3.82. The number of carbonyl (C=O) groups is 1. The summed E-state index contributed by atoms with van der Waals surface area (Å²) < 4.78 is 39.7. The van der Waals surface area contributed by atoms with E-state index in [0.29, 0.717) is 5.02 Å². The molecule has 0 radical (unpaired) electrons. The summed E-state index contributed by atoms with van der Waals surface area (Å²) in [7, 11) is 0. The van der Waals surface area contributed by atoms with Crippen LogP contribution in [0.5, 0.6) is 0 Å². The zero-order chi connectivity index (χ0) is 16.0. The molecule has 2 rings (SSSR count). The molecule has 0 spiro atoms.